The average Bonchev–Trinajstić information content (AvgIpc) is 2.45. The van der Waals surface area contributed by atoms with Gasteiger partial charge in [0.15, 0.2) is 0 Å². The van der Waals surface area contributed by atoms with E-state index in [-0.39, 0.29) is 0 Å². The monoisotopic (exact) mass is 227 g/mol. The summed E-state index contributed by atoms with van der Waals surface area (Å²) >= 11 is 0. The summed E-state index contributed by atoms with van der Waals surface area (Å²) in [5.74, 6) is 3.42. The Morgan fingerprint density at radius 3 is 2.57 bits per heavy atom. The molecular weight excluding hydrogens is 214 g/mol. The minimum atomic E-state index is 1.04. The van der Waals surface area contributed by atoms with Gasteiger partial charge in [-0.1, -0.05) is 21.6 Å². The lowest BCUT2D eigenvalue weighted by Crippen LogP contribution is -2.27. The van der Waals surface area contributed by atoms with E-state index in [0.29, 0.717) is 0 Å². The lowest BCUT2D eigenvalue weighted by molar-refractivity contribution is 0.853. The van der Waals surface area contributed by atoms with Gasteiger partial charge in [-0.15, -0.1) is 0 Å². The van der Waals surface area contributed by atoms with Crippen molar-refractivity contribution in [3.8, 4) is 0 Å². The van der Waals surface area contributed by atoms with Crippen molar-refractivity contribution >= 4 is 27.4 Å². The third kappa shape index (κ3) is 2.54. The van der Waals surface area contributed by atoms with E-state index < -0.39 is 0 Å². The smallest absolute Gasteiger partial charge is 0.132 e. The van der Waals surface area contributed by atoms with Crippen LogP contribution >= 0.6 is 21.6 Å². The van der Waals surface area contributed by atoms with E-state index in [9.17, 15) is 0 Å². The summed E-state index contributed by atoms with van der Waals surface area (Å²) in [5, 5.41) is 0. The van der Waals surface area contributed by atoms with Gasteiger partial charge in [0.25, 0.3) is 0 Å². The second kappa shape index (κ2) is 4.89. The van der Waals surface area contributed by atoms with Crippen molar-refractivity contribution in [2.24, 2.45) is 0 Å². The molecule has 1 aromatic rings. The summed E-state index contributed by atoms with van der Waals surface area (Å²) < 4.78 is 0. The van der Waals surface area contributed by atoms with Crippen LogP contribution in [0, 0.1) is 6.92 Å². The van der Waals surface area contributed by atoms with Crippen molar-refractivity contribution in [2.75, 3.05) is 29.5 Å². The van der Waals surface area contributed by atoms with Gasteiger partial charge in [-0.05, 0) is 6.92 Å². The number of aryl methyl sites for hydroxylation is 1. The van der Waals surface area contributed by atoms with Crippen molar-refractivity contribution in [1.29, 1.82) is 0 Å². The normalized spacial score (nSPS) is 17.9. The summed E-state index contributed by atoms with van der Waals surface area (Å²) in [5.41, 5.74) is 1.04. The van der Waals surface area contributed by atoms with Gasteiger partial charge in [-0.2, -0.15) is 0 Å². The van der Waals surface area contributed by atoms with Crippen LogP contribution in [0.1, 0.15) is 5.69 Å². The second-order valence-electron chi connectivity index (χ2n) is 3.15. The van der Waals surface area contributed by atoms with Crippen LogP contribution in [0.5, 0.6) is 0 Å². The highest BCUT2D eigenvalue weighted by molar-refractivity contribution is 8.76. The van der Waals surface area contributed by atoms with Gasteiger partial charge in [0, 0.05) is 36.4 Å². The number of hydrogen-bond acceptors (Lipinski definition) is 5. The fraction of sp³-hybridized carbons (Fsp3) is 0.556. The van der Waals surface area contributed by atoms with E-state index in [2.05, 4.69) is 20.9 Å². The molecule has 0 aliphatic carbocycles. The third-order valence-electron chi connectivity index (χ3n) is 2.09. The number of nitrogens with zero attached hydrogens (tertiary/aromatic N) is 3. The Morgan fingerprint density at radius 2 is 1.93 bits per heavy atom. The van der Waals surface area contributed by atoms with Gasteiger partial charge in [-0.3, -0.25) is 0 Å². The SMILES string of the molecule is Cc1cc(N2CCSSCC2)ncn1. The Labute approximate surface area is 92.1 Å². The maximum absolute atomic E-state index is 4.30. The van der Waals surface area contributed by atoms with E-state index in [0.717, 1.165) is 24.6 Å². The quantitative estimate of drug-likeness (QED) is 0.684. The fourth-order valence-electron chi connectivity index (χ4n) is 1.37. The van der Waals surface area contributed by atoms with Gasteiger partial charge in [0.05, 0.1) is 0 Å². The molecule has 0 unspecified atom stereocenters. The molecule has 5 heteroatoms. The molecule has 2 rings (SSSR count). The van der Waals surface area contributed by atoms with Crippen molar-refractivity contribution in [3.63, 3.8) is 0 Å². The van der Waals surface area contributed by atoms with Gasteiger partial charge < -0.3 is 4.90 Å². The summed E-state index contributed by atoms with van der Waals surface area (Å²) in [6.45, 7) is 4.19. The number of rotatable bonds is 1. The number of aromatic nitrogens is 2. The Kier molecular flexibility index (Phi) is 3.53. The molecule has 0 amide bonds. The first-order valence-corrected chi connectivity index (χ1v) is 7.13. The Balaban J connectivity index is 2.12. The molecule has 76 valence electrons. The molecule has 1 aliphatic rings. The molecule has 0 atom stereocenters. The van der Waals surface area contributed by atoms with Crippen LogP contribution < -0.4 is 4.90 Å². The van der Waals surface area contributed by atoms with Crippen LogP contribution in [0.25, 0.3) is 0 Å². The zero-order valence-corrected chi connectivity index (χ0v) is 9.77. The maximum Gasteiger partial charge on any atom is 0.132 e. The first kappa shape index (κ1) is 10.1. The molecule has 1 saturated heterocycles. The molecule has 2 heterocycles. The summed E-state index contributed by atoms with van der Waals surface area (Å²) in [6, 6.07) is 2.06. The molecule has 0 spiro atoms. The molecule has 0 bridgehead atoms. The first-order chi connectivity index (χ1) is 6.86. The molecule has 0 aromatic carbocycles. The molecule has 0 radical (unpaired) electrons. The lowest BCUT2D eigenvalue weighted by Gasteiger charge is -2.20. The van der Waals surface area contributed by atoms with E-state index in [1.54, 1.807) is 6.33 Å². The minimum absolute atomic E-state index is 1.04. The molecule has 3 nitrogen and oxygen atoms in total. The molecule has 0 N–H and O–H groups in total. The van der Waals surface area contributed by atoms with Gasteiger partial charge >= 0.3 is 0 Å². The van der Waals surface area contributed by atoms with Crippen molar-refractivity contribution in [2.45, 2.75) is 6.92 Å². The molecule has 1 fully saturated rings. The predicted molar refractivity (Wildman–Crippen MR) is 63.9 cm³/mol. The van der Waals surface area contributed by atoms with Crippen molar-refractivity contribution in [1.82, 2.24) is 9.97 Å². The Hall–Kier alpha value is -0.420. The number of hydrogen-bond donors (Lipinski definition) is 0. The molecular formula is C9H13N3S2. The maximum atomic E-state index is 4.30. The third-order valence-corrected chi connectivity index (χ3v) is 4.45. The highest BCUT2D eigenvalue weighted by Crippen LogP contribution is 2.25. The Morgan fingerprint density at radius 1 is 1.21 bits per heavy atom. The van der Waals surface area contributed by atoms with Crippen LogP contribution in [-0.4, -0.2) is 34.6 Å². The first-order valence-electron chi connectivity index (χ1n) is 4.64. The van der Waals surface area contributed by atoms with Crippen LogP contribution in [0.2, 0.25) is 0 Å². The topological polar surface area (TPSA) is 29.0 Å². The van der Waals surface area contributed by atoms with Crippen molar-refractivity contribution in [3.05, 3.63) is 18.1 Å². The molecule has 1 aromatic heterocycles. The average molecular weight is 227 g/mol. The molecule has 1 aliphatic heterocycles. The van der Waals surface area contributed by atoms with E-state index in [4.69, 9.17) is 0 Å². The molecule has 14 heavy (non-hydrogen) atoms. The van der Waals surface area contributed by atoms with E-state index >= 15 is 0 Å². The van der Waals surface area contributed by atoms with E-state index in [1.807, 2.05) is 28.5 Å². The summed E-state index contributed by atoms with van der Waals surface area (Å²) in [4.78, 5) is 10.7. The second-order valence-corrected chi connectivity index (χ2v) is 5.85. The zero-order chi connectivity index (χ0) is 9.80. The zero-order valence-electron chi connectivity index (χ0n) is 8.14. The lowest BCUT2D eigenvalue weighted by atomic mass is 10.4. The fourth-order valence-corrected chi connectivity index (χ4v) is 3.35. The summed E-state index contributed by atoms with van der Waals surface area (Å²) in [6.07, 6.45) is 1.65. The van der Waals surface area contributed by atoms with Crippen LogP contribution in [0.15, 0.2) is 12.4 Å². The van der Waals surface area contributed by atoms with Gasteiger partial charge in [0.1, 0.15) is 12.1 Å². The van der Waals surface area contributed by atoms with Gasteiger partial charge in [0.2, 0.25) is 0 Å². The standard InChI is InChI=1S/C9H13N3S2/c1-8-6-9(11-7-10-8)12-2-4-13-14-5-3-12/h6-7H,2-5H2,1H3. The largest absolute Gasteiger partial charge is 0.355 e. The van der Waals surface area contributed by atoms with E-state index in [1.165, 1.54) is 11.5 Å². The Bertz CT molecular complexity index is 298. The van der Waals surface area contributed by atoms with Crippen LogP contribution in [0.3, 0.4) is 0 Å². The van der Waals surface area contributed by atoms with Crippen LogP contribution in [-0.2, 0) is 0 Å². The number of anilines is 1. The minimum Gasteiger partial charge on any atom is -0.355 e. The molecule has 0 saturated carbocycles. The predicted octanol–water partition coefficient (Wildman–Crippen LogP) is 1.99. The highest BCUT2D eigenvalue weighted by atomic mass is 33.1. The van der Waals surface area contributed by atoms with Crippen molar-refractivity contribution < 1.29 is 0 Å². The van der Waals surface area contributed by atoms with Gasteiger partial charge in [-0.25, -0.2) is 9.97 Å². The highest BCUT2D eigenvalue weighted by Gasteiger charge is 2.11. The van der Waals surface area contributed by atoms with Crippen LogP contribution in [0.4, 0.5) is 5.82 Å². The summed E-state index contributed by atoms with van der Waals surface area (Å²) in [7, 11) is 3.90.